The van der Waals surface area contributed by atoms with Crippen LogP contribution in [0.1, 0.15) is 0 Å². The highest BCUT2D eigenvalue weighted by molar-refractivity contribution is 7.21. The van der Waals surface area contributed by atoms with Crippen molar-refractivity contribution in [3.63, 3.8) is 0 Å². The summed E-state index contributed by atoms with van der Waals surface area (Å²) in [6.07, 6.45) is 1.41. The van der Waals surface area contributed by atoms with Gasteiger partial charge in [0.25, 0.3) is 0 Å². The molecule has 0 saturated carbocycles. The second-order valence-corrected chi connectivity index (χ2v) is 5.71. The lowest BCUT2D eigenvalue weighted by Crippen LogP contribution is -1.97. The Balaban J connectivity index is 1.99. The molecule has 120 valence electrons. The standard InChI is InChI=1S/C14H13ClN4O3S/c1-20-8-4-7(5-9(21-2)11(8)22-3)18-14-19-10-12(15)16-6-17-13(10)23-14/h4-6H,1-3H3,(H,18,19). The minimum absolute atomic E-state index is 0.323. The third-order valence-corrected chi connectivity index (χ3v) is 4.22. The van der Waals surface area contributed by atoms with Crippen molar-refractivity contribution in [1.29, 1.82) is 0 Å². The highest BCUT2D eigenvalue weighted by atomic mass is 35.5. The third kappa shape index (κ3) is 2.95. The van der Waals surface area contributed by atoms with Crippen molar-refractivity contribution in [3.8, 4) is 17.2 Å². The van der Waals surface area contributed by atoms with E-state index in [-0.39, 0.29) is 0 Å². The number of hydrogen-bond donors (Lipinski definition) is 1. The molecule has 0 spiro atoms. The largest absolute Gasteiger partial charge is 0.493 e. The average Bonchev–Trinajstić information content (AvgIpc) is 2.97. The van der Waals surface area contributed by atoms with Crippen molar-refractivity contribution in [1.82, 2.24) is 15.0 Å². The van der Waals surface area contributed by atoms with E-state index in [0.717, 1.165) is 5.69 Å². The Morgan fingerprint density at radius 3 is 2.30 bits per heavy atom. The Hall–Kier alpha value is -2.32. The van der Waals surface area contributed by atoms with E-state index >= 15 is 0 Å². The van der Waals surface area contributed by atoms with Gasteiger partial charge >= 0.3 is 0 Å². The first-order valence-corrected chi connectivity index (χ1v) is 7.69. The quantitative estimate of drug-likeness (QED) is 0.704. The van der Waals surface area contributed by atoms with Gasteiger partial charge in [-0.3, -0.25) is 0 Å². The summed E-state index contributed by atoms with van der Waals surface area (Å²) in [4.78, 5) is 13.2. The molecule has 7 nitrogen and oxygen atoms in total. The molecule has 0 atom stereocenters. The number of fused-ring (bicyclic) bond motifs is 1. The predicted octanol–water partition coefficient (Wildman–Crippen LogP) is 3.51. The SMILES string of the molecule is COc1cc(Nc2nc3c(Cl)ncnc3s2)cc(OC)c1OC. The van der Waals surface area contributed by atoms with Gasteiger partial charge in [-0.1, -0.05) is 22.9 Å². The number of hydrogen-bond acceptors (Lipinski definition) is 8. The van der Waals surface area contributed by atoms with Crippen LogP contribution in [0.4, 0.5) is 10.8 Å². The third-order valence-electron chi connectivity index (χ3n) is 3.07. The highest BCUT2D eigenvalue weighted by Gasteiger charge is 2.15. The van der Waals surface area contributed by atoms with Crippen molar-refractivity contribution >= 4 is 44.1 Å². The number of anilines is 2. The van der Waals surface area contributed by atoms with Crippen LogP contribution in [-0.4, -0.2) is 36.3 Å². The van der Waals surface area contributed by atoms with Gasteiger partial charge in [0.15, 0.2) is 21.8 Å². The Morgan fingerprint density at radius 1 is 1.04 bits per heavy atom. The van der Waals surface area contributed by atoms with Crippen molar-refractivity contribution in [3.05, 3.63) is 23.6 Å². The molecule has 0 fully saturated rings. The fourth-order valence-electron chi connectivity index (χ4n) is 2.06. The van der Waals surface area contributed by atoms with Crippen LogP contribution in [0, 0.1) is 0 Å². The summed E-state index contributed by atoms with van der Waals surface area (Å²) in [6, 6.07) is 3.58. The topological polar surface area (TPSA) is 78.4 Å². The zero-order chi connectivity index (χ0) is 16.4. The summed E-state index contributed by atoms with van der Waals surface area (Å²) in [6.45, 7) is 0. The average molecular weight is 353 g/mol. The number of nitrogens with zero attached hydrogens (tertiary/aromatic N) is 3. The van der Waals surface area contributed by atoms with Crippen molar-refractivity contribution < 1.29 is 14.2 Å². The molecule has 0 radical (unpaired) electrons. The number of nitrogens with one attached hydrogen (secondary N) is 1. The molecular weight excluding hydrogens is 340 g/mol. The van der Waals surface area contributed by atoms with E-state index in [9.17, 15) is 0 Å². The fourth-order valence-corrected chi connectivity index (χ4v) is 3.12. The first kappa shape index (κ1) is 15.6. The van der Waals surface area contributed by atoms with Crippen LogP contribution in [0.3, 0.4) is 0 Å². The molecule has 2 aromatic heterocycles. The minimum Gasteiger partial charge on any atom is -0.493 e. The van der Waals surface area contributed by atoms with Crippen LogP contribution >= 0.6 is 22.9 Å². The molecule has 2 heterocycles. The van der Waals surface area contributed by atoms with E-state index < -0.39 is 0 Å². The molecule has 1 aromatic carbocycles. The van der Waals surface area contributed by atoms with Crippen LogP contribution in [0.5, 0.6) is 17.2 Å². The maximum Gasteiger partial charge on any atom is 0.203 e. The predicted molar refractivity (Wildman–Crippen MR) is 89.6 cm³/mol. The lowest BCUT2D eigenvalue weighted by atomic mass is 10.2. The maximum atomic E-state index is 6.02. The van der Waals surface area contributed by atoms with Crippen molar-refractivity contribution in [2.45, 2.75) is 0 Å². The number of aromatic nitrogens is 3. The van der Waals surface area contributed by atoms with Gasteiger partial charge in [0.05, 0.1) is 21.3 Å². The van der Waals surface area contributed by atoms with Gasteiger partial charge in [0.1, 0.15) is 16.7 Å². The van der Waals surface area contributed by atoms with Crippen LogP contribution in [0.15, 0.2) is 18.5 Å². The van der Waals surface area contributed by atoms with Gasteiger partial charge in [0, 0.05) is 17.8 Å². The van der Waals surface area contributed by atoms with Crippen molar-refractivity contribution in [2.75, 3.05) is 26.6 Å². The van der Waals surface area contributed by atoms with Crippen LogP contribution in [0.2, 0.25) is 5.15 Å². The van der Waals surface area contributed by atoms with Crippen LogP contribution in [0.25, 0.3) is 10.3 Å². The van der Waals surface area contributed by atoms with E-state index in [0.29, 0.717) is 37.9 Å². The molecule has 3 aromatic rings. The number of ether oxygens (including phenoxy) is 3. The monoisotopic (exact) mass is 352 g/mol. The van der Waals surface area contributed by atoms with Gasteiger partial charge in [-0.15, -0.1) is 0 Å². The first-order valence-electron chi connectivity index (χ1n) is 6.50. The molecule has 3 rings (SSSR count). The number of rotatable bonds is 5. The van der Waals surface area contributed by atoms with Crippen LogP contribution in [-0.2, 0) is 0 Å². The second-order valence-electron chi connectivity index (χ2n) is 4.38. The van der Waals surface area contributed by atoms with E-state index in [1.165, 1.54) is 17.7 Å². The molecule has 0 aliphatic carbocycles. The molecule has 0 aliphatic rings. The number of halogens is 1. The zero-order valence-corrected chi connectivity index (χ0v) is 14.2. The number of thiazole rings is 1. The van der Waals surface area contributed by atoms with Gasteiger partial charge in [-0.2, -0.15) is 0 Å². The minimum atomic E-state index is 0.323. The normalized spacial score (nSPS) is 10.6. The Labute approximate surface area is 141 Å². The number of benzene rings is 1. The Morgan fingerprint density at radius 2 is 1.74 bits per heavy atom. The zero-order valence-electron chi connectivity index (χ0n) is 12.6. The Kier molecular flexibility index (Phi) is 4.35. The summed E-state index contributed by atoms with van der Waals surface area (Å²) in [5, 5.41) is 4.15. The Bertz CT molecular complexity index is 830. The second kappa shape index (κ2) is 6.43. The lowest BCUT2D eigenvalue weighted by Gasteiger charge is -2.14. The van der Waals surface area contributed by atoms with Gasteiger partial charge < -0.3 is 19.5 Å². The summed E-state index contributed by atoms with van der Waals surface area (Å²) in [5.74, 6) is 1.63. The fraction of sp³-hybridized carbons (Fsp3) is 0.214. The van der Waals surface area contributed by atoms with Crippen LogP contribution < -0.4 is 19.5 Å². The maximum absolute atomic E-state index is 6.02. The first-order chi connectivity index (χ1) is 11.2. The molecule has 0 unspecified atom stereocenters. The summed E-state index contributed by atoms with van der Waals surface area (Å²) >= 11 is 7.39. The van der Waals surface area contributed by atoms with Crippen molar-refractivity contribution in [2.24, 2.45) is 0 Å². The highest BCUT2D eigenvalue weighted by Crippen LogP contribution is 2.41. The molecule has 1 N–H and O–H groups in total. The van der Waals surface area contributed by atoms with Gasteiger partial charge in [-0.05, 0) is 0 Å². The molecule has 0 bridgehead atoms. The summed E-state index contributed by atoms with van der Waals surface area (Å²) in [7, 11) is 4.68. The molecule has 9 heteroatoms. The number of methoxy groups -OCH3 is 3. The molecule has 23 heavy (non-hydrogen) atoms. The molecular formula is C14H13ClN4O3S. The molecule has 0 amide bonds. The lowest BCUT2D eigenvalue weighted by molar-refractivity contribution is 0.324. The van der Waals surface area contributed by atoms with E-state index in [4.69, 9.17) is 25.8 Å². The van der Waals surface area contributed by atoms with Gasteiger partial charge in [0.2, 0.25) is 5.75 Å². The summed E-state index contributed by atoms with van der Waals surface area (Å²) < 4.78 is 16.0. The smallest absolute Gasteiger partial charge is 0.203 e. The molecule has 0 saturated heterocycles. The van der Waals surface area contributed by atoms with Gasteiger partial charge in [-0.25, -0.2) is 15.0 Å². The van der Waals surface area contributed by atoms with E-state index in [1.54, 1.807) is 33.5 Å². The summed E-state index contributed by atoms with van der Waals surface area (Å²) in [5.41, 5.74) is 1.30. The molecule has 0 aliphatic heterocycles. The van der Waals surface area contributed by atoms with E-state index in [2.05, 4.69) is 20.3 Å². The van der Waals surface area contributed by atoms with E-state index in [1.807, 2.05) is 0 Å².